The summed E-state index contributed by atoms with van der Waals surface area (Å²) in [4.78, 5) is 34.5. The Balaban J connectivity index is 1.48. The molecule has 206 valence electrons. The van der Waals surface area contributed by atoms with E-state index in [1.54, 1.807) is 4.90 Å². The molecule has 38 heavy (non-hydrogen) atoms. The van der Waals surface area contributed by atoms with E-state index in [-0.39, 0.29) is 37.3 Å². The highest BCUT2D eigenvalue weighted by atomic mass is 19.4. The van der Waals surface area contributed by atoms with Crippen LogP contribution in [-0.2, 0) is 22.3 Å². The van der Waals surface area contributed by atoms with Gasteiger partial charge < -0.3 is 26.4 Å². The highest BCUT2D eigenvalue weighted by molar-refractivity contribution is 5.75. The number of likely N-dealkylation sites (tertiary alicyclic amines) is 1. The lowest BCUT2D eigenvalue weighted by Gasteiger charge is -2.40. The number of piperidine rings is 1. The molecule has 0 spiro atoms. The number of hydrogen-bond donors (Lipinski definition) is 3. The number of carbonyl (C=O) groups is 2. The molecule has 0 unspecified atom stereocenters. The van der Waals surface area contributed by atoms with Crippen molar-refractivity contribution in [2.24, 2.45) is 11.5 Å². The molecule has 2 aliphatic rings. The molecule has 2 heterocycles. The number of halogens is 4. The lowest BCUT2D eigenvalue weighted by Crippen LogP contribution is -2.53. The monoisotopic (exact) mass is 539 g/mol. The van der Waals surface area contributed by atoms with Crippen molar-refractivity contribution in [2.75, 3.05) is 36.4 Å². The van der Waals surface area contributed by atoms with Crippen LogP contribution in [-0.4, -0.2) is 64.7 Å². The van der Waals surface area contributed by atoms with Crippen molar-refractivity contribution in [2.45, 2.75) is 50.0 Å². The Kier molecular flexibility index (Phi) is 7.90. The molecule has 1 saturated carbocycles. The van der Waals surface area contributed by atoms with E-state index >= 15 is 4.39 Å². The van der Waals surface area contributed by atoms with Gasteiger partial charge in [-0.25, -0.2) is 14.8 Å². The van der Waals surface area contributed by atoms with Crippen molar-refractivity contribution in [1.29, 1.82) is 0 Å². The first kappa shape index (κ1) is 27.4. The van der Waals surface area contributed by atoms with E-state index in [4.69, 9.17) is 16.2 Å². The quantitative estimate of drug-likeness (QED) is 0.392. The van der Waals surface area contributed by atoms with Gasteiger partial charge in [0.1, 0.15) is 11.9 Å². The molecule has 1 aliphatic carbocycles. The van der Waals surface area contributed by atoms with Crippen LogP contribution in [0.15, 0.2) is 30.6 Å². The van der Waals surface area contributed by atoms with Gasteiger partial charge in [-0.3, -0.25) is 9.69 Å². The standard InChI is InChI=1S/C24H29F4N7O3/c25-19-20(31-13-23(38-22(30)37)7-9-34(10-8-23)12-18(29)36)32-14-33-21(19)35(17-5-6-17)11-15-1-3-16(4-2-15)24(26,27)28/h1-4,14,17H,5-13H2,(H2,29,36)(H2,30,37)(H,31,32,33). The van der Waals surface area contributed by atoms with E-state index in [1.807, 2.05) is 4.90 Å². The van der Waals surface area contributed by atoms with Crippen molar-refractivity contribution in [3.63, 3.8) is 0 Å². The molecule has 5 N–H and O–H groups in total. The van der Waals surface area contributed by atoms with Gasteiger partial charge in [-0.05, 0) is 30.5 Å². The smallest absolute Gasteiger partial charge is 0.416 e. The number of rotatable bonds is 10. The minimum absolute atomic E-state index is 0.00587. The highest BCUT2D eigenvalue weighted by Crippen LogP contribution is 2.36. The third kappa shape index (κ3) is 6.79. The average Bonchev–Trinajstić information content (AvgIpc) is 3.68. The fourth-order valence-corrected chi connectivity index (χ4v) is 4.56. The van der Waals surface area contributed by atoms with Gasteiger partial charge in [0.2, 0.25) is 11.7 Å². The summed E-state index contributed by atoms with van der Waals surface area (Å²) in [5.41, 5.74) is 9.32. The second-order valence-corrected chi connectivity index (χ2v) is 9.61. The molecule has 1 saturated heterocycles. The summed E-state index contributed by atoms with van der Waals surface area (Å²) in [7, 11) is 0. The summed E-state index contributed by atoms with van der Waals surface area (Å²) >= 11 is 0. The zero-order valence-corrected chi connectivity index (χ0v) is 20.5. The number of anilines is 2. The number of amides is 2. The normalized spacial score (nSPS) is 17.6. The molecule has 14 heteroatoms. The zero-order chi connectivity index (χ0) is 27.5. The number of aromatic nitrogens is 2. The summed E-state index contributed by atoms with van der Waals surface area (Å²) in [6.07, 6.45) is -1.97. The molecule has 0 bridgehead atoms. The number of nitrogens with two attached hydrogens (primary N) is 2. The molecule has 1 aromatic heterocycles. The van der Waals surface area contributed by atoms with E-state index in [1.165, 1.54) is 18.5 Å². The number of carbonyl (C=O) groups excluding carboxylic acids is 2. The topological polar surface area (TPSA) is 140 Å². The lowest BCUT2D eigenvalue weighted by atomic mass is 9.90. The van der Waals surface area contributed by atoms with Crippen LogP contribution in [0.3, 0.4) is 0 Å². The maximum atomic E-state index is 15.6. The Labute approximate surface area is 216 Å². The van der Waals surface area contributed by atoms with Crippen LogP contribution in [0.25, 0.3) is 0 Å². The second kappa shape index (κ2) is 11.0. The molecular formula is C24H29F4N7O3. The molecule has 4 rings (SSSR count). The molecule has 0 atom stereocenters. The lowest BCUT2D eigenvalue weighted by molar-refractivity contribution is -0.137. The fourth-order valence-electron chi connectivity index (χ4n) is 4.56. The van der Waals surface area contributed by atoms with Crippen molar-refractivity contribution in [1.82, 2.24) is 14.9 Å². The molecule has 0 radical (unpaired) electrons. The van der Waals surface area contributed by atoms with Crippen molar-refractivity contribution < 1.29 is 31.9 Å². The number of ether oxygens (including phenoxy) is 1. The van der Waals surface area contributed by atoms with Gasteiger partial charge >= 0.3 is 12.3 Å². The molecular weight excluding hydrogens is 510 g/mol. The van der Waals surface area contributed by atoms with Gasteiger partial charge in [0.25, 0.3) is 0 Å². The van der Waals surface area contributed by atoms with E-state index in [0.717, 1.165) is 25.0 Å². The van der Waals surface area contributed by atoms with Gasteiger partial charge in [0.15, 0.2) is 11.6 Å². The number of alkyl halides is 3. The number of benzene rings is 1. The maximum Gasteiger partial charge on any atom is 0.416 e. The minimum Gasteiger partial charge on any atom is -0.441 e. The molecule has 10 nitrogen and oxygen atoms in total. The molecule has 1 aromatic carbocycles. The van der Waals surface area contributed by atoms with Crippen molar-refractivity contribution in [3.05, 3.63) is 47.5 Å². The first-order valence-corrected chi connectivity index (χ1v) is 12.1. The number of nitrogens with zero attached hydrogens (tertiary/aromatic N) is 4. The van der Waals surface area contributed by atoms with Crippen LogP contribution in [0.4, 0.5) is 34.0 Å². The Morgan fingerprint density at radius 1 is 1.13 bits per heavy atom. The van der Waals surface area contributed by atoms with Crippen LogP contribution >= 0.6 is 0 Å². The molecule has 1 aliphatic heterocycles. The summed E-state index contributed by atoms with van der Waals surface area (Å²) < 4.78 is 59.8. The van der Waals surface area contributed by atoms with Gasteiger partial charge in [-0.15, -0.1) is 0 Å². The van der Waals surface area contributed by atoms with Crippen molar-refractivity contribution in [3.8, 4) is 0 Å². The number of hydrogen-bond acceptors (Lipinski definition) is 8. The minimum atomic E-state index is -4.44. The van der Waals surface area contributed by atoms with Gasteiger partial charge in [-0.2, -0.15) is 17.6 Å². The van der Waals surface area contributed by atoms with Crippen molar-refractivity contribution >= 4 is 23.6 Å². The summed E-state index contributed by atoms with van der Waals surface area (Å²) in [6, 6.07) is 4.72. The van der Waals surface area contributed by atoms with E-state index < -0.39 is 35.2 Å². The Hall–Kier alpha value is -3.68. The summed E-state index contributed by atoms with van der Waals surface area (Å²) in [5, 5.41) is 2.91. The van der Waals surface area contributed by atoms with Crippen LogP contribution < -0.4 is 21.7 Å². The Bertz CT molecular complexity index is 1150. The predicted molar refractivity (Wildman–Crippen MR) is 129 cm³/mol. The maximum absolute atomic E-state index is 15.6. The number of nitrogens with one attached hydrogen (secondary N) is 1. The fraction of sp³-hybridized carbons (Fsp3) is 0.500. The van der Waals surface area contributed by atoms with Crippen LogP contribution in [0, 0.1) is 5.82 Å². The van der Waals surface area contributed by atoms with E-state index in [9.17, 15) is 22.8 Å². The summed E-state index contributed by atoms with van der Waals surface area (Å²) in [6.45, 7) is 1.08. The highest BCUT2D eigenvalue weighted by Gasteiger charge is 2.39. The predicted octanol–water partition coefficient (Wildman–Crippen LogP) is 2.63. The molecule has 2 fully saturated rings. The van der Waals surface area contributed by atoms with Crippen LogP contribution in [0.2, 0.25) is 0 Å². The Morgan fingerprint density at radius 2 is 1.79 bits per heavy atom. The zero-order valence-electron chi connectivity index (χ0n) is 20.5. The first-order chi connectivity index (χ1) is 18.0. The third-order valence-electron chi connectivity index (χ3n) is 6.71. The largest absolute Gasteiger partial charge is 0.441 e. The van der Waals surface area contributed by atoms with Crippen LogP contribution in [0.1, 0.15) is 36.8 Å². The summed E-state index contributed by atoms with van der Waals surface area (Å²) in [5.74, 6) is -1.30. The average molecular weight is 540 g/mol. The SMILES string of the molecule is NC(=O)CN1CCC(CNc2ncnc(N(Cc3ccc(C(F)(F)F)cc3)C3CC3)c2F)(OC(N)=O)CC1. The van der Waals surface area contributed by atoms with Gasteiger partial charge in [-0.1, -0.05) is 12.1 Å². The third-order valence-corrected chi connectivity index (χ3v) is 6.71. The van der Waals surface area contributed by atoms with Crippen LogP contribution in [0.5, 0.6) is 0 Å². The van der Waals surface area contributed by atoms with Gasteiger partial charge in [0.05, 0.1) is 18.7 Å². The number of primary amides is 2. The van der Waals surface area contributed by atoms with E-state index in [0.29, 0.717) is 31.5 Å². The van der Waals surface area contributed by atoms with E-state index in [2.05, 4.69) is 15.3 Å². The van der Waals surface area contributed by atoms with Gasteiger partial charge in [0, 0.05) is 38.5 Å². The molecule has 2 amide bonds. The second-order valence-electron chi connectivity index (χ2n) is 9.61. The Morgan fingerprint density at radius 3 is 2.34 bits per heavy atom. The molecule has 2 aromatic rings. The first-order valence-electron chi connectivity index (χ1n) is 12.1.